The molecule has 0 saturated carbocycles. The molecule has 1 unspecified atom stereocenters. The van der Waals surface area contributed by atoms with Gasteiger partial charge in [-0.1, -0.05) is 5.16 Å². The van der Waals surface area contributed by atoms with Crippen LogP contribution in [0.4, 0.5) is 0 Å². The van der Waals surface area contributed by atoms with E-state index in [1.165, 1.54) is 18.2 Å². The number of nitrogens with zero attached hydrogens (tertiary/aromatic N) is 1. The molecule has 1 heterocycles. The van der Waals surface area contributed by atoms with Crippen LogP contribution < -0.4 is 5.32 Å². The van der Waals surface area contributed by atoms with Crippen LogP contribution >= 0.6 is 0 Å². The molecule has 1 atom stereocenters. The predicted molar refractivity (Wildman–Crippen MR) is 79.1 cm³/mol. The highest BCUT2D eigenvalue weighted by atomic mass is 32.2. The van der Waals surface area contributed by atoms with Crippen molar-refractivity contribution >= 4 is 15.7 Å². The summed E-state index contributed by atoms with van der Waals surface area (Å²) in [5.74, 6) is -0.106. The third-order valence-electron chi connectivity index (χ3n) is 2.87. The number of rotatable bonds is 5. The summed E-state index contributed by atoms with van der Waals surface area (Å²) in [6, 6.07) is 7.52. The number of hydrogen-bond donors (Lipinski definition) is 2. The van der Waals surface area contributed by atoms with Crippen LogP contribution in [0.1, 0.15) is 17.4 Å². The normalized spacial score (nSPS) is 12.9. The average molecular weight is 324 g/mol. The number of sulfone groups is 1. The Hall–Kier alpha value is -2.19. The van der Waals surface area contributed by atoms with Crippen molar-refractivity contribution in [2.45, 2.75) is 17.9 Å². The first-order valence-electron chi connectivity index (χ1n) is 6.51. The van der Waals surface area contributed by atoms with Crippen molar-refractivity contribution in [2.24, 2.45) is 0 Å². The molecule has 0 saturated heterocycles. The summed E-state index contributed by atoms with van der Waals surface area (Å²) in [6.07, 6.45) is 0.472. The van der Waals surface area contributed by atoms with Crippen LogP contribution in [0, 0.1) is 0 Å². The van der Waals surface area contributed by atoms with E-state index in [2.05, 4.69) is 10.5 Å². The molecule has 1 aromatic carbocycles. The zero-order valence-electron chi connectivity index (χ0n) is 12.1. The second-order valence-electron chi connectivity index (χ2n) is 4.93. The van der Waals surface area contributed by atoms with E-state index in [1.807, 2.05) is 0 Å². The molecule has 8 heteroatoms. The van der Waals surface area contributed by atoms with E-state index in [1.54, 1.807) is 19.1 Å². The minimum absolute atomic E-state index is 0.0860. The fourth-order valence-corrected chi connectivity index (χ4v) is 2.35. The van der Waals surface area contributed by atoms with Gasteiger partial charge in [0.2, 0.25) is 0 Å². The lowest BCUT2D eigenvalue weighted by Crippen LogP contribution is -2.30. The lowest BCUT2D eigenvalue weighted by molar-refractivity contribution is 0.0915. The highest BCUT2D eigenvalue weighted by Gasteiger charge is 2.14. The first-order chi connectivity index (χ1) is 10.3. The first-order valence-corrected chi connectivity index (χ1v) is 8.40. The van der Waals surface area contributed by atoms with Crippen LogP contribution in [0.15, 0.2) is 39.8 Å². The number of aliphatic hydroxyl groups is 1. The average Bonchev–Trinajstić information content (AvgIpc) is 2.93. The Labute approximate surface area is 127 Å². The minimum Gasteiger partial charge on any atom is -0.392 e. The van der Waals surface area contributed by atoms with Gasteiger partial charge in [-0.05, 0) is 31.2 Å². The predicted octanol–water partition coefficient (Wildman–Crippen LogP) is 0.856. The molecule has 0 fully saturated rings. The second kappa shape index (κ2) is 6.29. The maximum Gasteiger partial charge on any atom is 0.273 e. The molecule has 2 rings (SSSR count). The molecule has 1 amide bonds. The van der Waals surface area contributed by atoms with E-state index >= 15 is 0 Å². The molecule has 1 aromatic heterocycles. The monoisotopic (exact) mass is 324 g/mol. The number of amides is 1. The van der Waals surface area contributed by atoms with E-state index in [0.29, 0.717) is 11.3 Å². The van der Waals surface area contributed by atoms with Gasteiger partial charge in [-0.15, -0.1) is 0 Å². The summed E-state index contributed by atoms with van der Waals surface area (Å²) >= 11 is 0. The molecule has 0 spiro atoms. The lowest BCUT2D eigenvalue weighted by atomic mass is 10.1. The van der Waals surface area contributed by atoms with Gasteiger partial charge in [0.05, 0.1) is 11.0 Å². The van der Waals surface area contributed by atoms with Crippen molar-refractivity contribution in [3.05, 3.63) is 36.0 Å². The smallest absolute Gasteiger partial charge is 0.273 e. The molecule has 2 N–H and O–H groups in total. The van der Waals surface area contributed by atoms with Crippen LogP contribution in [0.3, 0.4) is 0 Å². The zero-order valence-corrected chi connectivity index (χ0v) is 12.9. The third kappa shape index (κ3) is 3.92. The topological polar surface area (TPSA) is 110 Å². The van der Waals surface area contributed by atoms with Crippen molar-refractivity contribution in [1.82, 2.24) is 10.5 Å². The number of carbonyl (C=O) groups is 1. The summed E-state index contributed by atoms with van der Waals surface area (Å²) in [6.45, 7) is 1.67. The summed E-state index contributed by atoms with van der Waals surface area (Å²) in [5, 5.41) is 15.3. The third-order valence-corrected chi connectivity index (χ3v) is 4.00. The minimum atomic E-state index is -3.26. The number of aromatic nitrogens is 1. The Balaban J connectivity index is 2.16. The first kappa shape index (κ1) is 16.2. The maximum atomic E-state index is 11.8. The van der Waals surface area contributed by atoms with E-state index in [0.717, 1.165) is 6.26 Å². The zero-order chi connectivity index (χ0) is 16.3. The van der Waals surface area contributed by atoms with Gasteiger partial charge in [0.1, 0.15) is 0 Å². The molecule has 0 aliphatic rings. The number of benzene rings is 1. The van der Waals surface area contributed by atoms with E-state index < -0.39 is 21.8 Å². The maximum absolute atomic E-state index is 11.8. The highest BCUT2D eigenvalue weighted by Crippen LogP contribution is 2.22. The quantitative estimate of drug-likeness (QED) is 0.844. The summed E-state index contributed by atoms with van der Waals surface area (Å²) < 4.78 is 27.9. The molecule has 22 heavy (non-hydrogen) atoms. The van der Waals surface area contributed by atoms with Crippen molar-refractivity contribution < 1.29 is 22.8 Å². The molecular weight excluding hydrogens is 308 g/mol. The standard InChI is InChI=1S/C14H16N2O5S/c1-9(17)8-15-14(18)12-7-13(21-16-12)10-3-5-11(6-4-10)22(2,19)20/h3-7,9,17H,8H2,1-2H3,(H,15,18). The fourth-order valence-electron chi connectivity index (χ4n) is 1.72. The Morgan fingerprint density at radius 2 is 2.00 bits per heavy atom. The Morgan fingerprint density at radius 1 is 1.36 bits per heavy atom. The number of aliphatic hydroxyl groups excluding tert-OH is 1. The largest absolute Gasteiger partial charge is 0.392 e. The van der Waals surface area contributed by atoms with Gasteiger partial charge in [0.25, 0.3) is 5.91 Å². The van der Waals surface area contributed by atoms with Gasteiger partial charge in [-0.25, -0.2) is 8.42 Å². The van der Waals surface area contributed by atoms with Gasteiger partial charge in [-0.3, -0.25) is 4.79 Å². The Bertz CT molecular complexity index is 763. The molecule has 0 radical (unpaired) electrons. The van der Waals surface area contributed by atoms with Crippen LogP contribution in [-0.4, -0.2) is 43.5 Å². The van der Waals surface area contributed by atoms with Crippen LogP contribution in [0.2, 0.25) is 0 Å². The van der Waals surface area contributed by atoms with Crippen molar-refractivity contribution in [2.75, 3.05) is 12.8 Å². The lowest BCUT2D eigenvalue weighted by Gasteiger charge is -2.03. The Kier molecular flexibility index (Phi) is 4.62. The van der Waals surface area contributed by atoms with Crippen LogP contribution in [0.5, 0.6) is 0 Å². The Morgan fingerprint density at radius 3 is 2.55 bits per heavy atom. The van der Waals surface area contributed by atoms with Crippen LogP contribution in [0.25, 0.3) is 11.3 Å². The SMILES string of the molecule is CC(O)CNC(=O)c1cc(-c2ccc(S(C)(=O)=O)cc2)on1. The van der Waals surface area contributed by atoms with Crippen molar-refractivity contribution in [3.8, 4) is 11.3 Å². The molecule has 0 aliphatic carbocycles. The number of carbonyl (C=O) groups excluding carboxylic acids is 1. The van der Waals surface area contributed by atoms with Crippen molar-refractivity contribution in [3.63, 3.8) is 0 Å². The summed E-state index contributed by atoms with van der Waals surface area (Å²) in [7, 11) is -3.26. The highest BCUT2D eigenvalue weighted by molar-refractivity contribution is 7.90. The van der Waals surface area contributed by atoms with Crippen LogP contribution in [-0.2, 0) is 9.84 Å². The second-order valence-corrected chi connectivity index (χ2v) is 6.95. The molecule has 118 valence electrons. The van der Waals surface area contributed by atoms with Gasteiger partial charge < -0.3 is 14.9 Å². The van der Waals surface area contributed by atoms with Gasteiger partial charge in [-0.2, -0.15) is 0 Å². The van der Waals surface area contributed by atoms with Gasteiger partial charge >= 0.3 is 0 Å². The molecule has 7 nitrogen and oxygen atoms in total. The molecule has 2 aromatic rings. The van der Waals surface area contributed by atoms with E-state index in [4.69, 9.17) is 9.63 Å². The molecule has 0 bridgehead atoms. The van der Waals surface area contributed by atoms with Crippen molar-refractivity contribution in [1.29, 1.82) is 0 Å². The molecule has 0 aliphatic heterocycles. The summed E-state index contributed by atoms with van der Waals surface area (Å²) in [4.78, 5) is 12.0. The number of nitrogens with one attached hydrogen (secondary N) is 1. The van der Waals surface area contributed by atoms with E-state index in [-0.39, 0.29) is 17.1 Å². The van der Waals surface area contributed by atoms with Gasteiger partial charge in [0.15, 0.2) is 21.3 Å². The fraction of sp³-hybridized carbons (Fsp3) is 0.286. The van der Waals surface area contributed by atoms with E-state index in [9.17, 15) is 13.2 Å². The number of hydrogen-bond acceptors (Lipinski definition) is 6. The van der Waals surface area contributed by atoms with Gasteiger partial charge in [0, 0.05) is 24.4 Å². The molecular formula is C14H16N2O5S. The summed E-state index contributed by atoms with van der Waals surface area (Å²) in [5.41, 5.74) is 0.692.